The van der Waals surface area contributed by atoms with E-state index in [1.165, 1.54) is 20.9 Å². The van der Waals surface area contributed by atoms with Crippen LogP contribution in [-0.4, -0.2) is 14.5 Å². The molecule has 0 amide bonds. The molecule has 0 aliphatic rings. The summed E-state index contributed by atoms with van der Waals surface area (Å²) in [6, 6.07) is 25.3. The Hall–Kier alpha value is -3.50. The summed E-state index contributed by atoms with van der Waals surface area (Å²) in [6.45, 7) is 0. The van der Waals surface area contributed by atoms with Crippen molar-refractivity contribution in [3.63, 3.8) is 0 Å². The number of rotatable bonds is 2. The maximum absolute atomic E-state index is 4.72. The number of hydrogen-bond donors (Lipinski definition) is 0. The fourth-order valence-electron chi connectivity index (χ4n) is 3.91. The van der Waals surface area contributed by atoms with E-state index in [2.05, 4.69) is 64.5 Å². The van der Waals surface area contributed by atoms with Crippen molar-refractivity contribution in [1.29, 1.82) is 0 Å². The van der Waals surface area contributed by atoms with Gasteiger partial charge in [-0.05, 0) is 34.5 Å². The van der Waals surface area contributed by atoms with Gasteiger partial charge in [0.05, 0.1) is 11.0 Å². The molecule has 0 spiro atoms. The molecule has 0 aliphatic heterocycles. The Labute approximate surface area is 165 Å². The summed E-state index contributed by atoms with van der Waals surface area (Å²) in [5, 5.41) is 5.95. The summed E-state index contributed by atoms with van der Waals surface area (Å²) in [5.74, 6) is 0.696. The molecule has 4 heteroatoms. The lowest BCUT2D eigenvalue weighted by atomic mass is 10.1. The van der Waals surface area contributed by atoms with E-state index in [0.29, 0.717) is 5.95 Å². The van der Waals surface area contributed by atoms with E-state index in [1.54, 1.807) is 11.3 Å². The summed E-state index contributed by atoms with van der Waals surface area (Å²) >= 11 is 1.79. The first-order valence-electron chi connectivity index (χ1n) is 9.17. The van der Waals surface area contributed by atoms with Crippen LogP contribution in [0.15, 0.2) is 90.6 Å². The smallest absolute Gasteiger partial charge is 0.234 e. The minimum Gasteiger partial charge on any atom is -0.278 e. The molecule has 0 N–H and O–H groups in total. The lowest BCUT2D eigenvalue weighted by Crippen LogP contribution is -2.00. The third-order valence-corrected chi connectivity index (χ3v) is 6.15. The van der Waals surface area contributed by atoms with E-state index < -0.39 is 0 Å². The number of hydrogen-bond acceptors (Lipinski definition) is 3. The lowest BCUT2D eigenvalue weighted by molar-refractivity contribution is 0.990. The molecular formula is C24H15N3S. The molecule has 0 atom stereocenters. The van der Waals surface area contributed by atoms with Crippen molar-refractivity contribution in [2.45, 2.75) is 0 Å². The monoisotopic (exact) mass is 377 g/mol. The highest BCUT2D eigenvalue weighted by Gasteiger charge is 2.16. The van der Waals surface area contributed by atoms with E-state index in [1.807, 2.05) is 30.6 Å². The van der Waals surface area contributed by atoms with Crippen molar-refractivity contribution in [1.82, 2.24) is 14.5 Å². The van der Waals surface area contributed by atoms with Gasteiger partial charge in [-0.3, -0.25) is 4.57 Å². The molecule has 3 nitrogen and oxygen atoms in total. The molecule has 3 aromatic carbocycles. The molecule has 6 aromatic rings. The Morgan fingerprint density at radius 2 is 1.46 bits per heavy atom. The lowest BCUT2D eigenvalue weighted by Gasteiger charge is -2.07. The second-order valence-electron chi connectivity index (χ2n) is 6.79. The molecule has 0 saturated carbocycles. The van der Waals surface area contributed by atoms with Gasteiger partial charge in [-0.2, -0.15) is 0 Å². The molecule has 3 heterocycles. The van der Waals surface area contributed by atoms with Crippen LogP contribution in [0.3, 0.4) is 0 Å². The second-order valence-corrected chi connectivity index (χ2v) is 7.71. The first-order valence-corrected chi connectivity index (χ1v) is 10.1. The minimum atomic E-state index is 0.696. The number of fused-ring (bicyclic) bond motifs is 5. The third-order valence-electron chi connectivity index (χ3n) is 5.20. The van der Waals surface area contributed by atoms with Gasteiger partial charge in [0.2, 0.25) is 5.95 Å². The van der Waals surface area contributed by atoms with Crippen LogP contribution in [0.25, 0.3) is 49.0 Å². The Morgan fingerprint density at radius 3 is 2.32 bits per heavy atom. The normalized spacial score (nSPS) is 11.6. The molecule has 132 valence electrons. The Bertz CT molecular complexity index is 1440. The zero-order valence-corrected chi connectivity index (χ0v) is 15.7. The molecule has 0 radical (unpaired) electrons. The van der Waals surface area contributed by atoms with E-state index >= 15 is 0 Å². The number of para-hydroxylation sites is 1. The van der Waals surface area contributed by atoms with Crippen molar-refractivity contribution >= 4 is 43.2 Å². The molecule has 0 aliphatic carbocycles. The van der Waals surface area contributed by atoms with Gasteiger partial charge in [-0.15, -0.1) is 11.3 Å². The fraction of sp³-hybridized carbons (Fsp3) is 0. The topological polar surface area (TPSA) is 30.7 Å². The van der Waals surface area contributed by atoms with Gasteiger partial charge >= 0.3 is 0 Å². The van der Waals surface area contributed by atoms with Gasteiger partial charge in [0, 0.05) is 33.4 Å². The quantitative estimate of drug-likeness (QED) is 0.347. The van der Waals surface area contributed by atoms with Gasteiger partial charge in [0.1, 0.15) is 0 Å². The van der Waals surface area contributed by atoms with Crippen LogP contribution < -0.4 is 0 Å². The molecule has 3 aromatic heterocycles. The van der Waals surface area contributed by atoms with Crippen LogP contribution in [0, 0.1) is 0 Å². The van der Waals surface area contributed by atoms with E-state index in [9.17, 15) is 0 Å². The molecule has 28 heavy (non-hydrogen) atoms. The van der Waals surface area contributed by atoms with Crippen LogP contribution >= 0.6 is 11.3 Å². The first-order chi connectivity index (χ1) is 13.9. The van der Waals surface area contributed by atoms with Crippen molar-refractivity contribution < 1.29 is 0 Å². The maximum Gasteiger partial charge on any atom is 0.234 e. The summed E-state index contributed by atoms with van der Waals surface area (Å²) in [5.41, 5.74) is 4.41. The van der Waals surface area contributed by atoms with Gasteiger partial charge in [-0.25, -0.2) is 9.97 Å². The largest absolute Gasteiger partial charge is 0.278 e. The highest BCUT2D eigenvalue weighted by Crippen LogP contribution is 2.38. The zero-order valence-electron chi connectivity index (χ0n) is 14.9. The number of thiophene rings is 1. The van der Waals surface area contributed by atoms with Gasteiger partial charge in [0.25, 0.3) is 0 Å². The maximum atomic E-state index is 4.72. The van der Waals surface area contributed by atoms with Crippen LogP contribution in [-0.2, 0) is 0 Å². The average Bonchev–Trinajstić information content (AvgIpc) is 3.36. The predicted molar refractivity (Wildman–Crippen MR) is 117 cm³/mol. The molecule has 0 bridgehead atoms. The molecule has 0 saturated heterocycles. The molecule has 0 unspecified atom stereocenters. The summed E-state index contributed by atoms with van der Waals surface area (Å²) < 4.78 is 3.48. The van der Waals surface area contributed by atoms with Gasteiger partial charge < -0.3 is 0 Å². The Kier molecular flexibility index (Phi) is 3.34. The molecular weight excluding hydrogens is 362 g/mol. The second kappa shape index (κ2) is 6.01. The average molecular weight is 377 g/mol. The first kappa shape index (κ1) is 15.5. The number of nitrogens with zero attached hydrogens (tertiary/aromatic N) is 3. The minimum absolute atomic E-state index is 0.696. The van der Waals surface area contributed by atoms with Crippen molar-refractivity contribution in [2.75, 3.05) is 0 Å². The van der Waals surface area contributed by atoms with Gasteiger partial charge in [-0.1, -0.05) is 54.6 Å². The summed E-state index contributed by atoms with van der Waals surface area (Å²) in [6.07, 6.45) is 3.81. The molecule has 0 fully saturated rings. The summed E-state index contributed by atoms with van der Waals surface area (Å²) in [4.78, 5) is 9.44. The molecule has 6 rings (SSSR count). The Morgan fingerprint density at radius 1 is 0.679 bits per heavy atom. The number of aromatic nitrogens is 3. The van der Waals surface area contributed by atoms with Crippen LogP contribution in [0.2, 0.25) is 0 Å². The highest BCUT2D eigenvalue weighted by molar-refractivity contribution is 7.18. The Balaban J connectivity index is 1.63. The fourth-order valence-corrected chi connectivity index (χ4v) is 4.87. The number of benzene rings is 3. The third kappa shape index (κ3) is 2.22. The van der Waals surface area contributed by atoms with E-state index in [-0.39, 0.29) is 0 Å². The van der Waals surface area contributed by atoms with Crippen molar-refractivity contribution in [3.8, 4) is 17.1 Å². The van der Waals surface area contributed by atoms with Crippen molar-refractivity contribution in [3.05, 3.63) is 90.6 Å². The SMILES string of the molecule is c1ccc(-c2cnc(-n3c4ccccc4c4c5sccc5ccc43)nc2)cc1. The van der Waals surface area contributed by atoms with E-state index in [4.69, 9.17) is 9.97 Å². The van der Waals surface area contributed by atoms with Crippen LogP contribution in [0.1, 0.15) is 0 Å². The van der Waals surface area contributed by atoms with Gasteiger partial charge in [0.15, 0.2) is 0 Å². The highest BCUT2D eigenvalue weighted by atomic mass is 32.1. The zero-order chi connectivity index (χ0) is 18.5. The summed E-state index contributed by atoms with van der Waals surface area (Å²) in [7, 11) is 0. The van der Waals surface area contributed by atoms with Crippen LogP contribution in [0.5, 0.6) is 0 Å². The van der Waals surface area contributed by atoms with E-state index in [0.717, 1.165) is 22.2 Å². The van der Waals surface area contributed by atoms with Crippen molar-refractivity contribution in [2.24, 2.45) is 0 Å². The van der Waals surface area contributed by atoms with Crippen LogP contribution in [0.4, 0.5) is 0 Å². The standard InChI is InChI=1S/C24H15N3S/c1-2-6-16(7-3-1)18-14-25-24(26-15-18)27-20-9-5-4-8-19(20)22-21(27)11-10-17-12-13-28-23(17)22/h1-15H. The predicted octanol–water partition coefficient (Wildman–Crippen LogP) is 6.46.